The predicted octanol–water partition coefficient (Wildman–Crippen LogP) is 2.41. The number of hydrogen-bond donors (Lipinski definition) is 1. The molecule has 0 aliphatic heterocycles. The van der Waals surface area contributed by atoms with Crippen LogP contribution in [0.15, 0.2) is 28.0 Å². The number of carboxylic acids is 1. The Bertz CT molecular complexity index is 565. The summed E-state index contributed by atoms with van der Waals surface area (Å²) in [6.07, 6.45) is 3.12. The fourth-order valence-electron chi connectivity index (χ4n) is 2.03. The lowest BCUT2D eigenvalue weighted by atomic mass is 10.2. The van der Waals surface area contributed by atoms with E-state index in [4.69, 9.17) is 9.52 Å². The first kappa shape index (κ1) is 14.6. The summed E-state index contributed by atoms with van der Waals surface area (Å²) in [6, 6.07) is 3.90. The molecule has 2 aromatic heterocycles. The number of rotatable bonds is 7. The van der Waals surface area contributed by atoms with Gasteiger partial charge < -0.3 is 14.1 Å². The van der Waals surface area contributed by atoms with Crippen molar-refractivity contribution in [2.75, 3.05) is 5.75 Å². The van der Waals surface area contributed by atoms with Crippen LogP contribution in [-0.4, -0.2) is 31.6 Å². The Kier molecular flexibility index (Phi) is 4.84. The van der Waals surface area contributed by atoms with E-state index in [0.29, 0.717) is 5.16 Å². The summed E-state index contributed by atoms with van der Waals surface area (Å²) in [5.74, 6) is 0.871. The molecule has 0 saturated carbocycles. The molecule has 1 unspecified atom stereocenters. The van der Waals surface area contributed by atoms with Gasteiger partial charge in [-0.2, -0.15) is 0 Å². The molecule has 2 heterocycles. The number of nitrogens with zero attached hydrogens (tertiary/aromatic N) is 3. The monoisotopic (exact) mass is 295 g/mol. The van der Waals surface area contributed by atoms with Gasteiger partial charge in [-0.25, -0.2) is 0 Å². The Morgan fingerprint density at radius 1 is 1.55 bits per heavy atom. The van der Waals surface area contributed by atoms with Crippen molar-refractivity contribution >= 4 is 17.7 Å². The Morgan fingerprint density at radius 2 is 2.35 bits per heavy atom. The zero-order valence-electron chi connectivity index (χ0n) is 11.4. The van der Waals surface area contributed by atoms with Crippen molar-refractivity contribution in [3.8, 4) is 0 Å². The summed E-state index contributed by atoms with van der Waals surface area (Å²) >= 11 is 1.19. The van der Waals surface area contributed by atoms with Gasteiger partial charge in [0.2, 0.25) is 0 Å². The first-order valence-corrected chi connectivity index (χ1v) is 7.41. The third kappa shape index (κ3) is 3.41. The molecule has 0 fully saturated rings. The van der Waals surface area contributed by atoms with Gasteiger partial charge in [0.15, 0.2) is 5.16 Å². The van der Waals surface area contributed by atoms with Gasteiger partial charge in [-0.15, -0.1) is 10.2 Å². The van der Waals surface area contributed by atoms with Gasteiger partial charge in [0.1, 0.15) is 11.6 Å². The minimum absolute atomic E-state index is 0.0185. The van der Waals surface area contributed by atoms with Crippen molar-refractivity contribution < 1.29 is 14.3 Å². The highest BCUT2D eigenvalue weighted by Gasteiger charge is 2.18. The normalized spacial score (nSPS) is 12.5. The van der Waals surface area contributed by atoms with Crippen LogP contribution in [0.25, 0.3) is 0 Å². The maximum atomic E-state index is 10.7. The van der Waals surface area contributed by atoms with Gasteiger partial charge in [-0.3, -0.25) is 4.79 Å². The first-order chi connectivity index (χ1) is 9.61. The van der Waals surface area contributed by atoms with Crippen LogP contribution in [0.4, 0.5) is 0 Å². The molecule has 108 valence electrons. The lowest BCUT2D eigenvalue weighted by molar-refractivity contribution is -0.133. The Hall–Kier alpha value is -1.76. The molecule has 0 aromatic carbocycles. The second kappa shape index (κ2) is 6.60. The molecular formula is C13H17N3O3S. The van der Waals surface area contributed by atoms with Gasteiger partial charge in [0.05, 0.1) is 12.0 Å². The van der Waals surface area contributed by atoms with E-state index < -0.39 is 5.97 Å². The molecule has 7 heteroatoms. The molecule has 0 radical (unpaired) electrons. The smallest absolute Gasteiger partial charge is 0.313 e. The number of thioether (sulfide) groups is 1. The summed E-state index contributed by atoms with van der Waals surface area (Å²) in [4.78, 5) is 10.7. The average Bonchev–Trinajstić information content (AvgIpc) is 3.04. The van der Waals surface area contributed by atoms with Crippen LogP contribution in [0.5, 0.6) is 0 Å². The van der Waals surface area contributed by atoms with Crippen LogP contribution in [0.3, 0.4) is 0 Å². The van der Waals surface area contributed by atoms with E-state index in [1.165, 1.54) is 11.8 Å². The standard InChI is InChI=1S/C13H17N3O3S/c1-3-11-14-15-13(20-8-12(17)18)16(11)9(2)7-10-5-4-6-19-10/h4-6,9H,3,7-8H2,1-2H3,(H,17,18). The van der Waals surface area contributed by atoms with E-state index in [9.17, 15) is 4.79 Å². The SMILES string of the molecule is CCc1nnc(SCC(=O)O)n1C(C)Cc1ccco1. The van der Waals surface area contributed by atoms with E-state index >= 15 is 0 Å². The van der Waals surface area contributed by atoms with E-state index in [0.717, 1.165) is 24.4 Å². The number of aryl methyl sites for hydroxylation is 1. The number of hydrogen-bond acceptors (Lipinski definition) is 5. The lowest BCUT2D eigenvalue weighted by Gasteiger charge is -2.16. The summed E-state index contributed by atoms with van der Waals surface area (Å²) in [5.41, 5.74) is 0. The number of aromatic nitrogens is 3. The van der Waals surface area contributed by atoms with Gasteiger partial charge in [0, 0.05) is 18.9 Å². The Morgan fingerprint density at radius 3 is 2.95 bits per heavy atom. The predicted molar refractivity (Wildman–Crippen MR) is 74.9 cm³/mol. The highest BCUT2D eigenvalue weighted by molar-refractivity contribution is 7.99. The quantitative estimate of drug-likeness (QED) is 0.790. The zero-order chi connectivity index (χ0) is 14.5. The van der Waals surface area contributed by atoms with Crippen LogP contribution in [0.2, 0.25) is 0 Å². The zero-order valence-corrected chi connectivity index (χ0v) is 12.3. The molecule has 0 aliphatic carbocycles. The minimum Gasteiger partial charge on any atom is -0.481 e. The highest BCUT2D eigenvalue weighted by Crippen LogP contribution is 2.24. The highest BCUT2D eigenvalue weighted by atomic mass is 32.2. The second-order valence-corrected chi connectivity index (χ2v) is 5.38. The molecule has 20 heavy (non-hydrogen) atoms. The second-order valence-electron chi connectivity index (χ2n) is 4.44. The molecule has 1 atom stereocenters. The maximum absolute atomic E-state index is 10.7. The number of carbonyl (C=O) groups is 1. The Balaban J connectivity index is 2.18. The summed E-state index contributed by atoms with van der Waals surface area (Å²) in [5, 5.41) is 17.6. The van der Waals surface area contributed by atoms with Crippen molar-refractivity contribution in [2.45, 2.75) is 37.9 Å². The van der Waals surface area contributed by atoms with Crippen LogP contribution in [-0.2, 0) is 17.6 Å². The van der Waals surface area contributed by atoms with Crippen molar-refractivity contribution in [3.05, 3.63) is 30.0 Å². The summed E-state index contributed by atoms with van der Waals surface area (Å²) < 4.78 is 7.35. The third-order valence-corrected chi connectivity index (χ3v) is 3.82. The number of furan rings is 1. The van der Waals surface area contributed by atoms with Crippen LogP contribution in [0.1, 0.15) is 31.5 Å². The summed E-state index contributed by atoms with van der Waals surface area (Å²) in [7, 11) is 0. The minimum atomic E-state index is -0.860. The largest absolute Gasteiger partial charge is 0.481 e. The molecular weight excluding hydrogens is 278 g/mol. The average molecular weight is 295 g/mol. The topological polar surface area (TPSA) is 81.1 Å². The molecule has 1 N–H and O–H groups in total. The molecule has 6 nitrogen and oxygen atoms in total. The number of aliphatic carboxylic acids is 1. The van der Waals surface area contributed by atoms with E-state index in [1.54, 1.807) is 6.26 Å². The molecule has 0 amide bonds. The first-order valence-electron chi connectivity index (χ1n) is 6.42. The molecule has 0 saturated heterocycles. The van der Waals surface area contributed by atoms with Gasteiger partial charge in [-0.05, 0) is 19.1 Å². The van der Waals surface area contributed by atoms with Gasteiger partial charge in [0.25, 0.3) is 0 Å². The van der Waals surface area contributed by atoms with Crippen LogP contribution < -0.4 is 0 Å². The van der Waals surface area contributed by atoms with Crippen molar-refractivity contribution in [1.82, 2.24) is 14.8 Å². The van der Waals surface area contributed by atoms with E-state index in [1.807, 2.05) is 23.6 Å². The molecule has 0 bridgehead atoms. The summed E-state index contributed by atoms with van der Waals surface area (Å²) in [6.45, 7) is 4.06. The van der Waals surface area contributed by atoms with Crippen LogP contribution in [0, 0.1) is 0 Å². The lowest BCUT2D eigenvalue weighted by Crippen LogP contribution is -2.13. The van der Waals surface area contributed by atoms with Crippen molar-refractivity contribution in [3.63, 3.8) is 0 Å². The van der Waals surface area contributed by atoms with Crippen LogP contribution >= 0.6 is 11.8 Å². The molecule has 2 rings (SSSR count). The van der Waals surface area contributed by atoms with E-state index in [2.05, 4.69) is 17.1 Å². The van der Waals surface area contributed by atoms with E-state index in [-0.39, 0.29) is 11.8 Å². The Labute approximate surface area is 121 Å². The maximum Gasteiger partial charge on any atom is 0.313 e. The molecule has 0 aliphatic rings. The molecule has 0 spiro atoms. The van der Waals surface area contributed by atoms with Gasteiger partial charge in [-0.1, -0.05) is 18.7 Å². The fourth-order valence-corrected chi connectivity index (χ4v) is 2.80. The molecule has 2 aromatic rings. The van der Waals surface area contributed by atoms with Crippen molar-refractivity contribution in [1.29, 1.82) is 0 Å². The van der Waals surface area contributed by atoms with Crippen molar-refractivity contribution in [2.24, 2.45) is 0 Å². The fraction of sp³-hybridized carbons (Fsp3) is 0.462. The third-order valence-electron chi connectivity index (χ3n) is 2.89. The number of carboxylic acid groups (broad SMARTS) is 1. The van der Waals surface area contributed by atoms with Gasteiger partial charge >= 0.3 is 5.97 Å².